The van der Waals surface area contributed by atoms with E-state index in [1.807, 2.05) is 38.4 Å². The zero-order chi connectivity index (χ0) is 16.7. The van der Waals surface area contributed by atoms with Crippen molar-refractivity contribution in [2.45, 2.75) is 20.8 Å². The number of hydrogen-bond acceptors (Lipinski definition) is 8. The molecule has 0 bridgehead atoms. The van der Waals surface area contributed by atoms with Gasteiger partial charge in [-0.25, -0.2) is 19.9 Å². The molecule has 0 spiro atoms. The zero-order valence-electron chi connectivity index (χ0n) is 13.4. The van der Waals surface area contributed by atoms with Crippen LogP contribution in [0.15, 0.2) is 23.7 Å². The van der Waals surface area contributed by atoms with E-state index in [1.165, 1.54) is 11.5 Å². The van der Waals surface area contributed by atoms with Crippen LogP contribution in [-0.4, -0.2) is 24.3 Å². The molecule has 0 aliphatic heterocycles. The number of fused-ring (bicyclic) bond motifs is 1. The van der Waals surface area contributed by atoms with Crippen molar-refractivity contribution in [3.63, 3.8) is 0 Å². The predicted molar refractivity (Wildman–Crippen MR) is 98.0 cm³/mol. The zero-order valence-corrected chi connectivity index (χ0v) is 15.0. The molecule has 24 heavy (non-hydrogen) atoms. The molecule has 4 aromatic rings. The molecule has 120 valence electrons. The molecule has 4 heterocycles. The Morgan fingerprint density at radius 2 is 1.92 bits per heavy atom. The lowest BCUT2D eigenvalue weighted by molar-refractivity contribution is 1.16. The first-order chi connectivity index (χ1) is 11.6. The SMILES string of the molecule is Cc1ccc2c(-c3nc(C)ns3)cnc(Nc3csc(C)n3)c2n1. The normalized spacial score (nSPS) is 11.1. The van der Waals surface area contributed by atoms with Gasteiger partial charge in [-0.3, -0.25) is 0 Å². The molecule has 0 fully saturated rings. The van der Waals surface area contributed by atoms with Crippen LogP contribution in [0.4, 0.5) is 11.6 Å². The van der Waals surface area contributed by atoms with E-state index in [9.17, 15) is 0 Å². The Hall–Kier alpha value is -2.45. The molecule has 0 saturated heterocycles. The standard InChI is InChI=1S/C16H14N6S2/c1-8-4-5-11-12(16-19-9(2)22-24-16)6-17-15(14(11)18-8)21-13-7-23-10(3)20-13/h4-7H,1-3H3,(H,17,21). The van der Waals surface area contributed by atoms with E-state index in [1.54, 1.807) is 11.3 Å². The Morgan fingerprint density at radius 3 is 2.62 bits per heavy atom. The van der Waals surface area contributed by atoms with Crippen molar-refractivity contribution < 1.29 is 0 Å². The molecule has 1 N–H and O–H groups in total. The van der Waals surface area contributed by atoms with Gasteiger partial charge in [0.15, 0.2) is 5.82 Å². The minimum Gasteiger partial charge on any atom is -0.322 e. The van der Waals surface area contributed by atoms with Crippen LogP contribution in [0.1, 0.15) is 16.5 Å². The number of nitrogens with zero attached hydrogens (tertiary/aromatic N) is 5. The summed E-state index contributed by atoms with van der Waals surface area (Å²) < 4.78 is 4.27. The van der Waals surface area contributed by atoms with Gasteiger partial charge in [-0.1, -0.05) is 6.07 Å². The van der Waals surface area contributed by atoms with Gasteiger partial charge >= 0.3 is 0 Å². The topological polar surface area (TPSA) is 76.5 Å². The van der Waals surface area contributed by atoms with Crippen molar-refractivity contribution >= 4 is 45.4 Å². The summed E-state index contributed by atoms with van der Waals surface area (Å²) >= 11 is 2.97. The number of rotatable bonds is 3. The fourth-order valence-electron chi connectivity index (χ4n) is 2.42. The van der Waals surface area contributed by atoms with Crippen LogP contribution in [0.2, 0.25) is 0 Å². The van der Waals surface area contributed by atoms with Gasteiger partial charge in [-0.2, -0.15) is 4.37 Å². The lowest BCUT2D eigenvalue weighted by atomic mass is 10.1. The number of hydrogen-bond donors (Lipinski definition) is 1. The first-order valence-electron chi connectivity index (χ1n) is 7.36. The van der Waals surface area contributed by atoms with E-state index < -0.39 is 0 Å². The highest BCUT2D eigenvalue weighted by atomic mass is 32.1. The van der Waals surface area contributed by atoms with Crippen molar-refractivity contribution in [1.82, 2.24) is 24.3 Å². The Bertz CT molecular complexity index is 1040. The highest BCUT2D eigenvalue weighted by Crippen LogP contribution is 2.32. The van der Waals surface area contributed by atoms with Crippen LogP contribution in [0.3, 0.4) is 0 Å². The fraction of sp³-hybridized carbons (Fsp3) is 0.188. The number of nitrogens with one attached hydrogen (secondary N) is 1. The summed E-state index contributed by atoms with van der Waals surface area (Å²) in [6, 6.07) is 4.05. The first kappa shape index (κ1) is 15.1. The second-order valence-electron chi connectivity index (χ2n) is 5.39. The second kappa shape index (κ2) is 5.88. The molecule has 0 aromatic carbocycles. The van der Waals surface area contributed by atoms with Crippen LogP contribution >= 0.6 is 22.9 Å². The second-order valence-corrected chi connectivity index (χ2v) is 7.21. The Balaban J connectivity index is 1.88. The monoisotopic (exact) mass is 354 g/mol. The summed E-state index contributed by atoms with van der Waals surface area (Å²) in [5.74, 6) is 2.25. The summed E-state index contributed by atoms with van der Waals surface area (Å²) in [5.41, 5.74) is 2.70. The average Bonchev–Trinajstić information content (AvgIpc) is 3.16. The number of aryl methyl sites for hydroxylation is 3. The maximum atomic E-state index is 4.68. The van der Waals surface area contributed by atoms with E-state index in [0.717, 1.165) is 43.8 Å². The predicted octanol–water partition coefficient (Wildman–Crippen LogP) is 4.27. The number of pyridine rings is 2. The van der Waals surface area contributed by atoms with Crippen LogP contribution in [0, 0.1) is 20.8 Å². The minimum absolute atomic E-state index is 0.698. The molecule has 8 heteroatoms. The maximum Gasteiger partial charge on any atom is 0.158 e. The first-order valence-corrected chi connectivity index (χ1v) is 9.01. The van der Waals surface area contributed by atoms with E-state index >= 15 is 0 Å². The van der Waals surface area contributed by atoms with Crippen LogP contribution < -0.4 is 5.32 Å². The highest BCUT2D eigenvalue weighted by Gasteiger charge is 2.14. The largest absolute Gasteiger partial charge is 0.322 e. The van der Waals surface area contributed by atoms with Gasteiger partial charge in [0.05, 0.1) is 5.01 Å². The molecular formula is C16H14N6S2. The molecule has 0 aliphatic carbocycles. The van der Waals surface area contributed by atoms with Gasteiger partial charge in [0.1, 0.15) is 22.2 Å². The van der Waals surface area contributed by atoms with E-state index in [4.69, 9.17) is 0 Å². The highest BCUT2D eigenvalue weighted by molar-refractivity contribution is 7.10. The summed E-state index contributed by atoms with van der Waals surface area (Å²) in [7, 11) is 0. The molecule has 0 unspecified atom stereocenters. The van der Waals surface area contributed by atoms with Gasteiger partial charge in [0.2, 0.25) is 0 Å². The third-order valence-corrected chi connectivity index (χ3v) is 5.11. The van der Waals surface area contributed by atoms with E-state index in [2.05, 4.69) is 35.7 Å². The lowest BCUT2D eigenvalue weighted by Gasteiger charge is -2.09. The lowest BCUT2D eigenvalue weighted by Crippen LogP contribution is -1.98. The molecule has 4 rings (SSSR count). The quantitative estimate of drug-likeness (QED) is 0.592. The smallest absolute Gasteiger partial charge is 0.158 e. The van der Waals surface area contributed by atoms with Crippen molar-refractivity contribution in [2.24, 2.45) is 0 Å². The fourth-order valence-corrected chi connectivity index (χ4v) is 3.66. The average molecular weight is 354 g/mol. The number of aromatic nitrogens is 5. The maximum absolute atomic E-state index is 4.68. The Morgan fingerprint density at radius 1 is 1.04 bits per heavy atom. The summed E-state index contributed by atoms with van der Waals surface area (Å²) in [4.78, 5) is 18.2. The molecule has 4 aromatic heterocycles. The van der Waals surface area contributed by atoms with Crippen molar-refractivity contribution in [3.8, 4) is 10.6 Å². The summed E-state index contributed by atoms with van der Waals surface area (Å²) in [6.45, 7) is 5.83. The minimum atomic E-state index is 0.698. The van der Waals surface area contributed by atoms with Crippen molar-refractivity contribution in [2.75, 3.05) is 5.32 Å². The third kappa shape index (κ3) is 2.74. The third-order valence-electron chi connectivity index (χ3n) is 3.50. The molecule has 0 saturated carbocycles. The van der Waals surface area contributed by atoms with Crippen molar-refractivity contribution in [1.29, 1.82) is 0 Å². The molecule has 0 amide bonds. The Labute approximate surface area is 146 Å². The molecule has 0 aliphatic rings. The molecule has 6 nitrogen and oxygen atoms in total. The molecule has 0 atom stereocenters. The van der Waals surface area contributed by atoms with Gasteiger partial charge in [-0.15, -0.1) is 11.3 Å². The van der Waals surface area contributed by atoms with Crippen molar-refractivity contribution in [3.05, 3.63) is 40.2 Å². The molecular weight excluding hydrogens is 340 g/mol. The van der Waals surface area contributed by atoms with E-state index in [0.29, 0.717) is 5.82 Å². The number of thiazole rings is 1. The van der Waals surface area contributed by atoms with Crippen LogP contribution in [0.25, 0.3) is 21.5 Å². The van der Waals surface area contributed by atoms with Crippen LogP contribution in [0.5, 0.6) is 0 Å². The Kier molecular flexibility index (Phi) is 3.70. The molecule has 0 radical (unpaired) electrons. The van der Waals surface area contributed by atoms with Gasteiger partial charge < -0.3 is 5.32 Å². The van der Waals surface area contributed by atoms with E-state index in [-0.39, 0.29) is 0 Å². The summed E-state index contributed by atoms with van der Waals surface area (Å²) in [5, 5.41) is 8.11. The van der Waals surface area contributed by atoms with Crippen LogP contribution in [-0.2, 0) is 0 Å². The number of anilines is 2. The van der Waals surface area contributed by atoms with Gasteiger partial charge in [-0.05, 0) is 38.4 Å². The summed E-state index contributed by atoms with van der Waals surface area (Å²) in [6.07, 6.45) is 1.82. The van der Waals surface area contributed by atoms with Gasteiger partial charge in [0, 0.05) is 28.2 Å². The van der Waals surface area contributed by atoms with Gasteiger partial charge in [0.25, 0.3) is 0 Å².